The van der Waals surface area contributed by atoms with Crippen LogP contribution in [0.4, 0.5) is 0 Å². The predicted molar refractivity (Wildman–Crippen MR) is 85.4 cm³/mol. The van der Waals surface area contributed by atoms with E-state index in [1.807, 2.05) is 0 Å². The van der Waals surface area contributed by atoms with Crippen molar-refractivity contribution in [2.45, 2.75) is 57.5 Å². The van der Waals surface area contributed by atoms with Gasteiger partial charge in [0, 0.05) is 13.0 Å². The van der Waals surface area contributed by atoms with Crippen molar-refractivity contribution in [1.29, 1.82) is 0 Å². The highest BCUT2D eigenvalue weighted by Gasteiger charge is 2.33. The highest BCUT2D eigenvalue weighted by atomic mass is 16.4. The average molecular weight is 328 g/mol. The van der Waals surface area contributed by atoms with E-state index in [1.165, 1.54) is 13.3 Å². The monoisotopic (exact) mass is 328 g/mol. The molecule has 0 aromatic rings. The van der Waals surface area contributed by atoms with Crippen LogP contribution in [0.2, 0.25) is 0 Å². The minimum atomic E-state index is -1.14. The molecule has 0 radical (unpaired) electrons. The van der Waals surface area contributed by atoms with E-state index in [4.69, 9.17) is 16.6 Å². The number of carbonyl (C=O) groups is 3. The highest BCUT2D eigenvalue weighted by molar-refractivity contribution is 5.87. The minimum Gasteiger partial charge on any atom is -0.480 e. The van der Waals surface area contributed by atoms with Crippen LogP contribution >= 0.6 is 0 Å². The molecule has 23 heavy (non-hydrogen) atoms. The molecule has 0 aromatic heterocycles. The maximum absolute atomic E-state index is 12.1. The molecule has 0 unspecified atom stereocenters. The number of rotatable bonds is 8. The second-order valence-electron chi connectivity index (χ2n) is 6.42. The molecular weight excluding hydrogens is 300 g/mol. The molecule has 0 bridgehead atoms. The lowest BCUT2D eigenvalue weighted by atomic mass is 9.71. The largest absolute Gasteiger partial charge is 0.480 e. The number of carboxylic acids is 1. The van der Waals surface area contributed by atoms with Crippen molar-refractivity contribution in [3.05, 3.63) is 0 Å². The van der Waals surface area contributed by atoms with Gasteiger partial charge in [0.05, 0.1) is 0 Å². The number of nitrogens with two attached hydrogens (primary N) is 2. The van der Waals surface area contributed by atoms with Gasteiger partial charge in [-0.3, -0.25) is 14.4 Å². The number of carbonyl (C=O) groups excluding carboxylic acids is 2. The second-order valence-corrected chi connectivity index (χ2v) is 6.42. The van der Waals surface area contributed by atoms with Crippen LogP contribution in [-0.4, -0.2) is 48.1 Å². The number of hydrogen-bond donors (Lipinski definition) is 5. The van der Waals surface area contributed by atoms with Crippen LogP contribution < -0.4 is 22.1 Å². The molecule has 132 valence electrons. The normalized spacial score (nSPS) is 19.4. The van der Waals surface area contributed by atoms with Crippen LogP contribution in [0.3, 0.4) is 0 Å². The number of aliphatic carboxylic acids is 1. The first-order valence-electron chi connectivity index (χ1n) is 8.05. The van der Waals surface area contributed by atoms with Gasteiger partial charge in [-0.2, -0.15) is 0 Å². The third-order valence-electron chi connectivity index (χ3n) is 4.47. The molecule has 8 heteroatoms. The van der Waals surface area contributed by atoms with E-state index in [0.29, 0.717) is 13.0 Å². The van der Waals surface area contributed by atoms with Gasteiger partial charge < -0.3 is 27.2 Å². The van der Waals surface area contributed by atoms with Crippen LogP contribution in [0.25, 0.3) is 0 Å². The molecular formula is C15H28N4O4. The third kappa shape index (κ3) is 6.15. The fraction of sp³-hybridized carbons (Fsp3) is 0.800. The van der Waals surface area contributed by atoms with Crippen LogP contribution in [-0.2, 0) is 14.4 Å². The molecule has 0 spiro atoms. The second kappa shape index (κ2) is 8.83. The summed E-state index contributed by atoms with van der Waals surface area (Å²) in [7, 11) is 0. The zero-order chi connectivity index (χ0) is 17.5. The Balaban J connectivity index is 2.39. The van der Waals surface area contributed by atoms with E-state index in [9.17, 15) is 14.4 Å². The van der Waals surface area contributed by atoms with Crippen molar-refractivity contribution in [2.75, 3.05) is 13.1 Å². The Hall–Kier alpha value is -1.67. The molecule has 0 heterocycles. The molecule has 1 rings (SSSR count). The van der Waals surface area contributed by atoms with Crippen molar-refractivity contribution in [3.63, 3.8) is 0 Å². The third-order valence-corrected chi connectivity index (χ3v) is 4.47. The van der Waals surface area contributed by atoms with Gasteiger partial charge in [0.2, 0.25) is 11.8 Å². The number of nitrogens with one attached hydrogen (secondary N) is 2. The summed E-state index contributed by atoms with van der Waals surface area (Å²) in [6.07, 6.45) is 5.57. The molecule has 1 fully saturated rings. The van der Waals surface area contributed by atoms with Gasteiger partial charge in [-0.25, -0.2) is 0 Å². The molecule has 1 aliphatic rings. The minimum absolute atomic E-state index is 0.0301. The molecule has 2 amide bonds. The summed E-state index contributed by atoms with van der Waals surface area (Å²) in [5, 5.41) is 13.6. The summed E-state index contributed by atoms with van der Waals surface area (Å²) in [5.41, 5.74) is 11.4. The van der Waals surface area contributed by atoms with Gasteiger partial charge in [-0.05, 0) is 31.7 Å². The van der Waals surface area contributed by atoms with E-state index in [1.54, 1.807) is 0 Å². The lowest BCUT2D eigenvalue weighted by Gasteiger charge is -2.35. The smallest absolute Gasteiger partial charge is 0.325 e. The average Bonchev–Trinajstić information content (AvgIpc) is 2.53. The van der Waals surface area contributed by atoms with Gasteiger partial charge in [0.25, 0.3) is 0 Å². The molecule has 7 N–H and O–H groups in total. The zero-order valence-electron chi connectivity index (χ0n) is 13.6. The predicted octanol–water partition coefficient (Wildman–Crippen LogP) is -0.681. The lowest BCUT2D eigenvalue weighted by molar-refractivity contribution is -0.141. The summed E-state index contributed by atoms with van der Waals surface area (Å²) >= 11 is 0. The van der Waals surface area contributed by atoms with Gasteiger partial charge in [0.1, 0.15) is 12.1 Å². The fourth-order valence-corrected chi connectivity index (χ4v) is 2.86. The molecule has 0 aromatic carbocycles. The van der Waals surface area contributed by atoms with E-state index in [0.717, 1.165) is 25.7 Å². The number of amides is 2. The Morgan fingerprint density at radius 3 is 2.35 bits per heavy atom. The molecule has 8 nitrogen and oxygen atoms in total. The lowest BCUT2D eigenvalue weighted by Crippen LogP contribution is -2.52. The Morgan fingerprint density at radius 1 is 1.22 bits per heavy atom. The molecule has 0 saturated heterocycles. The molecule has 2 atom stereocenters. The summed E-state index contributed by atoms with van der Waals surface area (Å²) in [6, 6.07) is -2.01. The van der Waals surface area contributed by atoms with Crippen molar-refractivity contribution in [2.24, 2.45) is 16.9 Å². The van der Waals surface area contributed by atoms with Crippen molar-refractivity contribution < 1.29 is 19.5 Å². The summed E-state index contributed by atoms with van der Waals surface area (Å²) in [6.45, 7) is 1.79. The number of hydrogen-bond acceptors (Lipinski definition) is 5. The Kier molecular flexibility index (Phi) is 7.44. The van der Waals surface area contributed by atoms with Crippen LogP contribution in [0.5, 0.6) is 0 Å². The van der Waals surface area contributed by atoms with Crippen molar-refractivity contribution in [3.8, 4) is 0 Å². The Morgan fingerprint density at radius 2 is 1.83 bits per heavy atom. The highest BCUT2D eigenvalue weighted by Crippen LogP contribution is 2.38. The zero-order valence-corrected chi connectivity index (χ0v) is 13.6. The Labute approximate surface area is 136 Å². The van der Waals surface area contributed by atoms with Crippen LogP contribution in [0.15, 0.2) is 0 Å². The van der Waals surface area contributed by atoms with Gasteiger partial charge in [0.15, 0.2) is 0 Å². The first kappa shape index (κ1) is 19.4. The molecule has 1 saturated carbocycles. The SMILES string of the molecule is C[C@H](NC(=O)[C@@H](N)CNC(=O)CC1(CN)CCCCC1)C(=O)O. The maximum atomic E-state index is 12.1. The maximum Gasteiger partial charge on any atom is 0.325 e. The summed E-state index contributed by atoms with van der Waals surface area (Å²) in [4.78, 5) is 34.5. The summed E-state index contributed by atoms with van der Waals surface area (Å²) < 4.78 is 0. The standard InChI is InChI=1S/C15H28N4O4/c1-10(14(22)23)19-13(21)11(17)8-18-12(20)7-15(9-16)5-3-2-4-6-15/h10-11H,2-9,16-17H2,1H3,(H,18,20)(H,19,21)(H,22,23)/t10-,11-/m0/s1. The summed E-state index contributed by atoms with van der Waals surface area (Å²) in [5.74, 6) is -1.92. The van der Waals surface area contributed by atoms with Gasteiger partial charge >= 0.3 is 5.97 Å². The van der Waals surface area contributed by atoms with E-state index in [2.05, 4.69) is 10.6 Å². The molecule has 0 aliphatic heterocycles. The number of carboxylic acid groups (broad SMARTS) is 1. The Bertz CT molecular complexity index is 435. The van der Waals surface area contributed by atoms with Crippen molar-refractivity contribution in [1.82, 2.24) is 10.6 Å². The quantitative estimate of drug-likeness (QED) is 0.399. The van der Waals surface area contributed by atoms with Gasteiger partial charge in [-0.15, -0.1) is 0 Å². The molecule has 1 aliphatic carbocycles. The van der Waals surface area contributed by atoms with Crippen molar-refractivity contribution >= 4 is 17.8 Å². The van der Waals surface area contributed by atoms with E-state index < -0.39 is 24.0 Å². The van der Waals surface area contributed by atoms with Gasteiger partial charge in [-0.1, -0.05) is 19.3 Å². The van der Waals surface area contributed by atoms with Crippen LogP contribution in [0.1, 0.15) is 45.4 Å². The first-order chi connectivity index (χ1) is 10.8. The van der Waals surface area contributed by atoms with E-state index >= 15 is 0 Å². The van der Waals surface area contributed by atoms with Crippen LogP contribution in [0, 0.1) is 5.41 Å². The first-order valence-corrected chi connectivity index (χ1v) is 8.05. The van der Waals surface area contributed by atoms with E-state index in [-0.39, 0.29) is 17.9 Å². The topological polar surface area (TPSA) is 148 Å². The fourth-order valence-electron chi connectivity index (χ4n) is 2.86.